The topological polar surface area (TPSA) is 34.0 Å². The Morgan fingerprint density at radius 2 is 2.00 bits per heavy atom. The van der Waals surface area contributed by atoms with E-state index in [1.165, 1.54) is 0 Å². The zero-order chi connectivity index (χ0) is 11.5. The number of quaternary nitrogens is 1. The SMILES string of the molecule is COc1ccc(C(=O)[NH+]2C=CN(C)C2)cc1.[Cl-]. The average Bonchev–Trinajstić information content (AvgIpc) is 2.75. The van der Waals surface area contributed by atoms with Gasteiger partial charge in [-0.3, -0.25) is 0 Å². The molecule has 1 amide bonds. The normalized spacial score (nSPS) is 17.8. The number of carbonyl (C=O) groups excluding carboxylic acids is 1. The number of benzene rings is 1. The van der Waals surface area contributed by atoms with E-state index in [4.69, 9.17) is 4.74 Å². The van der Waals surface area contributed by atoms with Crippen molar-refractivity contribution in [3.8, 4) is 5.75 Å². The largest absolute Gasteiger partial charge is 1.00 e. The third-order valence-electron chi connectivity index (χ3n) is 2.59. The summed E-state index contributed by atoms with van der Waals surface area (Å²) in [6.45, 7) is 0.685. The predicted octanol–water partition coefficient (Wildman–Crippen LogP) is -2.90. The standard InChI is InChI=1S/C12H14N2O2.ClH/c1-13-7-8-14(9-13)12(15)10-3-5-11(16-2)6-4-10;/h3-8H,9H2,1-2H3;1H. The number of nitrogens with one attached hydrogen (secondary N) is 1. The first kappa shape index (κ1) is 13.5. The van der Waals surface area contributed by atoms with Gasteiger partial charge in [0.2, 0.25) is 0 Å². The Morgan fingerprint density at radius 3 is 2.47 bits per heavy atom. The van der Waals surface area contributed by atoms with Crippen molar-refractivity contribution >= 4 is 5.91 Å². The maximum Gasteiger partial charge on any atom is 0.350 e. The van der Waals surface area contributed by atoms with Crippen LogP contribution in [0.1, 0.15) is 10.4 Å². The highest BCUT2D eigenvalue weighted by Crippen LogP contribution is 2.10. The van der Waals surface area contributed by atoms with Gasteiger partial charge in [-0.25, -0.2) is 9.69 Å². The molecule has 1 aliphatic heterocycles. The van der Waals surface area contributed by atoms with Crippen LogP contribution in [0.15, 0.2) is 36.7 Å². The van der Waals surface area contributed by atoms with Crippen LogP contribution in [0.3, 0.4) is 0 Å². The third-order valence-corrected chi connectivity index (χ3v) is 2.59. The van der Waals surface area contributed by atoms with E-state index in [-0.39, 0.29) is 18.3 Å². The lowest BCUT2D eigenvalue weighted by Crippen LogP contribution is -3.10. The summed E-state index contributed by atoms with van der Waals surface area (Å²) in [7, 11) is 3.56. The molecule has 0 saturated heterocycles. The van der Waals surface area contributed by atoms with Crippen LogP contribution in [0, 0.1) is 0 Å². The van der Waals surface area contributed by atoms with E-state index in [1.54, 1.807) is 31.4 Å². The van der Waals surface area contributed by atoms with Crippen molar-refractivity contribution < 1.29 is 26.8 Å². The van der Waals surface area contributed by atoms with E-state index in [1.807, 2.05) is 24.3 Å². The molecule has 1 atom stereocenters. The molecule has 1 aromatic carbocycles. The molecule has 0 spiro atoms. The molecular weight excluding hydrogens is 240 g/mol. The molecule has 4 nitrogen and oxygen atoms in total. The highest BCUT2D eigenvalue weighted by Gasteiger charge is 2.23. The molecule has 1 aromatic rings. The number of hydrogen-bond acceptors (Lipinski definition) is 3. The maximum atomic E-state index is 12.0. The molecule has 1 N–H and O–H groups in total. The summed E-state index contributed by atoms with van der Waals surface area (Å²) in [5.74, 6) is 0.851. The monoisotopic (exact) mass is 254 g/mol. The van der Waals surface area contributed by atoms with Gasteiger partial charge < -0.3 is 22.0 Å². The Balaban J connectivity index is 0.00000144. The lowest BCUT2D eigenvalue weighted by molar-refractivity contribution is -0.758. The first-order valence-corrected chi connectivity index (χ1v) is 5.14. The van der Waals surface area contributed by atoms with Gasteiger partial charge >= 0.3 is 5.91 Å². The summed E-state index contributed by atoms with van der Waals surface area (Å²) in [4.78, 5) is 14.8. The molecule has 0 aromatic heterocycles. The molecule has 5 heteroatoms. The Kier molecular flexibility index (Phi) is 4.54. The summed E-state index contributed by atoms with van der Waals surface area (Å²) in [5.41, 5.74) is 0.704. The summed E-state index contributed by atoms with van der Waals surface area (Å²) in [6.07, 6.45) is 3.78. The van der Waals surface area contributed by atoms with Crippen LogP contribution in [0.25, 0.3) is 0 Å². The number of nitrogens with zero attached hydrogens (tertiary/aromatic N) is 1. The van der Waals surface area contributed by atoms with Gasteiger partial charge in [0.1, 0.15) is 11.9 Å². The van der Waals surface area contributed by atoms with Gasteiger partial charge in [-0.15, -0.1) is 0 Å². The second-order valence-electron chi connectivity index (χ2n) is 3.81. The fourth-order valence-corrected chi connectivity index (χ4v) is 1.67. The zero-order valence-corrected chi connectivity index (χ0v) is 10.6. The first-order chi connectivity index (χ1) is 7.70. The highest BCUT2D eigenvalue weighted by molar-refractivity contribution is 5.87. The first-order valence-electron chi connectivity index (χ1n) is 5.14. The third kappa shape index (κ3) is 2.99. The van der Waals surface area contributed by atoms with Crippen LogP contribution in [0.2, 0.25) is 0 Å². The van der Waals surface area contributed by atoms with E-state index >= 15 is 0 Å². The van der Waals surface area contributed by atoms with Crippen molar-refractivity contribution in [1.29, 1.82) is 0 Å². The van der Waals surface area contributed by atoms with Crippen molar-refractivity contribution in [2.75, 3.05) is 20.8 Å². The van der Waals surface area contributed by atoms with Crippen molar-refractivity contribution in [3.05, 3.63) is 42.2 Å². The van der Waals surface area contributed by atoms with Gasteiger partial charge in [0.15, 0.2) is 6.67 Å². The Hall–Kier alpha value is -1.52. The minimum absolute atomic E-state index is 0. The lowest BCUT2D eigenvalue weighted by atomic mass is 10.2. The van der Waals surface area contributed by atoms with Gasteiger partial charge in [0, 0.05) is 7.05 Å². The van der Waals surface area contributed by atoms with Gasteiger partial charge in [0.25, 0.3) is 0 Å². The predicted molar refractivity (Wildman–Crippen MR) is 60.1 cm³/mol. The lowest BCUT2D eigenvalue weighted by Gasteiger charge is -2.10. The Morgan fingerprint density at radius 1 is 1.35 bits per heavy atom. The molecular formula is C12H15ClN2O2. The van der Waals surface area contributed by atoms with Gasteiger partial charge in [0.05, 0.1) is 18.9 Å². The molecule has 0 saturated carbocycles. The number of ether oxygens (including phenoxy) is 1. The summed E-state index contributed by atoms with van der Waals surface area (Å²) in [6, 6.07) is 7.19. The highest BCUT2D eigenvalue weighted by atomic mass is 35.5. The van der Waals surface area contributed by atoms with E-state index in [9.17, 15) is 4.79 Å². The number of rotatable bonds is 2. The van der Waals surface area contributed by atoms with Crippen LogP contribution in [0.4, 0.5) is 0 Å². The van der Waals surface area contributed by atoms with Crippen LogP contribution < -0.4 is 22.0 Å². The van der Waals surface area contributed by atoms with E-state index in [2.05, 4.69) is 0 Å². The van der Waals surface area contributed by atoms with Crippen LogP contribution in [-0.4, -0.2) is 31.6 Å². The second kappa shape index (κ2) is 5.70. The molecule has 92 valence electrons. The number of hydrogen-bond donors (Lipinski definition) is 1. The molecule has 2 rings (SSSR count). The summed E-state index contributed by atoms with van der Waals surface area (Å²) >= 11 is 0. The summed E-state index contributed by atoms with van der Waals surface area (Å²) in [5, 5.41) is 0. The van der Waals surface area contributed by atoms with E-state index in [0.717, 1.165) is 10.6 Å². The molecule has 0 bridgehead atoms. The number of amides is 1. The molecule has 0 aliphatic carbocycles. The van der Waals surface area contributed by atoms with Crippen molar-refractivity contribution in [2.24, 2.45) is 0 Å². The maximum absolute atomic E-state index is 12.0. The van der Waals surface area contributed by atoms with Crippen molar-refractivity contribution in [1.82, 2.24) is 4.90 Å². The van der Waals surface area contributed by atoms with Gasteiger partial charge in [-0.1, -0.05) is 0 Å². The molecule has 17 heavy (non-hydrogen) atoms. The van der Waals surface area contributed by atoms with Gasteiger partial charge in [-0.2, -0.15) is 0 Å². The van der Waals surface area contributed by atoms with Crippen molar-refractivity contribution in [2.45, 2.75) is 0 Å². The molecule has 0 radical (unpaired) electrons. The fraction of sp³-hybridized carbons (Fsp3) is 0.250. The number of halogens is 1. The zero-order valence-electron chi connectivity index (χ0n) is 9.81. The van der Waals surface area contributed by atoms with Gasteiger partial charge in [-0.05, 0) is 24.3 Å². The quantitative estimate of drug-likeness (QED) is 0.615. The molecule has 1 heterocycles. The molecule has 1 aliphatic rings. The minimum atomic E-state index is 0. The molecule has 0 fully saturated rings. The summed E-state index contributed by atoms with van der Waals surface area (Å²) < 4.78 is 5.05. The number of methoxy groups -OCH3 is 1. The second-order valence-corrected chi connectivity index (χ2v) is 3.81. The Labute approximate surface area is 107 Å². The fourth-order valence-electron chi connectivity index (χ4n) is 1.67. The van der Waals surface area contributed by atoms with Crippen molar-refractivity contribution in [3.63, 3.8) is 0 Å². The van der Waals surface area contributed by atoms with Crippen LogP contribution >= 0.6 is 0 Å². The van der Waals surface area contributed by atoms with Crippen LogP contribution in [-0.2, 0) is 0 Å². The van der Waals surface area contributed by atoms with E-state index < -0.39 is 0 Å². The Bertz CT molecular complexity index is 417. The van der Waals surface area contributed by atoms with Crippen LogP contribution in [0.5, 0.6) is 5.75 Å². The molecule has 1 unspecified atom stereocenters. The minimum Gasteiger partial charge on any atom is -1.00 e. The number of carbonyl (C=O) groups is 1. The smallest absolute Gasteiger partial charge is 0.350 e. The van der Waals surface area contributed by atoms with E-state index in [0.29, 0.717) is 12.2 Å². The average molecular weight is 255 g/mol.